The summed E-state index contributed by atoms with van der Waals surface area (Å²) in [5, 5.41) is 26.1. The molecule has 160 valence electrons. The Morgan fingerprint density at radius 1 is 1.03 bits per heavy atom. The standard InChI is InChI=1S/C16H14N8O4S3/c17-14(18)16-23-12-8(2-1-3-9(12)29-16)7-4-5-10(30(19,25)26)13(31(20,27)28)11(7)15-21-6-22-24-15/h1-5H,6H2,(H3,17,18)(H2,19,25,26)(H2,20,27,28). The molecule has 0 spiro atoms. The number of rotatable bonds is 5. The first-order valence-corrected chi connectivity index (χ1v) is 12.3. The quantitative estimate of drug-likeness (QED) is 0.305. The number of thiazole rings is 1. The minimum Gasteiger partial charge on any atom is -0.382 e. The summed E-state index contributed by atoms with van der Waals surface area (Å²) < 4.78 is 49.9. The van der Waals surface area contributed by atoms with E-state index in [1.165, 1.54) is 17.4 Å². The van der Waals surface area contributed by atoms with Crippen LogP contribution < -0.4 is 16.0 Å². The first-order chi connectivity index (χ1) is 14.5. The largest absolute Gasteiger partial charge is 0.382 e. The van der Waals surface area contributed by atoms with Gasteiger partial charge < -0.3 is 5.73 Å². The molecule has 3 aromatic rings. The molecule has 7 N–H and O–H groups in total. The monoisotopic (exact) mass is 478 g/mol. The van der Waals surface area contributed by atoms with Crippen LogP contribution in [0.2, 0.25) is 0 Å². The Bertz CT molecular complexity index is 1540. The van der Waals surface area contributed by atoms with Gasteiger partial charge in [-0.3, -0.25) is 5.41 Å². The summed E-state index contributed by atoms with van der Waals surface area (Å²) in [6.07, 6.45) is 0. The lowest BCUT2D eigenvalue weighted by Crippen LogP contribution is -2.24. The number of hydrogen-bond acceptors (Lipinski definition) is 10. The van der Waals surface area contributed by atoms with Crippen LogP contribution in [0.5, 0.6) is 0 Å². The van der Waals surface area contributed by atoms with Gasteiger partial charge in [-0.05, 0) is 17.7 Å². The fraction of sp³-hybridized carbons (Fsp3) is 0.0625. The molecule has 2 heterocycles. The number of hydrogen-bond donors (Lipinski definition) is 4. The third-order valence-electron chi connectivity index (χ3n) is 4.32. The first kappa shape index (κ1) is 21.1. The number of nitrogens with two attached hydrogens (primary N) is 3. The van der Waals surface area contributed by atoms with Crippen molar-refractivity contribution in [2.45, 2.75) is 9.79 Å². The number of nitrogens with zero attached hydrogens (tertiary/aromatic N) is 4. The van der Waals surface area contributed by atoms with Gasteiger partial charge in [-0.15, -0.1) is 16.5 Å². The topological polar surface area (TPSA) is 220 Å². The summed E-state index contributed by atoms with van der Waals surface area (Å²) in [5.41, 5.74) is 6.52. The van der Waals surface area contributed by atoms with Crippen molar-refractivity contribution >= 4 is 53.3 Å². The lowest BCUT2D eigenvalue weighted by Gasteiger charge is -2.16. The summed E-state index contributed by atoms with van der Waals surface area (Å²) in [6.45, 7) is -0.0617. The summed E-state index contributed by atoms with van der Waals surface area (Å²) in [5.74, 6) is -0.334. The molecular weight excluding hydrogens is 464 g/mol. The van der Waals surface area contributed by atoms with Crippen molar-refractivity contribution in [3.05, 3.63) is 40.9 Å². The Kier molecular flexibility index (Phi) is 4.94. The van der Waals surface area contributed by atoms with Crippen molar-refractivity contribution in [1.82, 2.24) is 4.98 Å². The number of primary sulfonamides is 2. The molecule has 0 aliphatic carbocycles. The van der Waals surface area contributed by atoms with Crippen molar-refractivity contribution in [1.29, 1.82) is 5.41 Å². The van der Waals surface area contributed by atoms with Crippen molar-refractivity contribution in [2.75, 3.05) is 6.67 Å². The highest BCUT2D eigenvalue weighted by Gasteiger charge is 2.31. The van der Waals surface area contributed by atoms with Crippen LogP contribution in [0.4, 0.5) is 0 Å². The number of para-hydroxylation sites is 1. The summed E-state index contributed by atoms with van der Waals surface area (Å²) >= 11 is 1.18. The highest BCUT2D eigenvalue weighted by Crippen LogP contribution is 2.38. The lowest BCUT2D eigenvalue weighted by molar-refractivity contribution is 0.584. The van der Waals surface area contributed by atoms with Crippen molar-refractivity contribution in [2.24, 2.45) is 31.2 Å². The zero-order valence-corrected chi connectivity index (χ0v) is 17.9. The second kappa shape index (κ2) is 7.24. The van der Waals surface area contributed by atoms with Crippen LogP contribution in [-0.2, 0) is 20.0 Å². The van der Waals surface area contributed by atoms with E-state index in [0.717, 1.165) is 6.07 Å². The molecule has 0 fully saturated rings. The van der Waals surface area contributed by atoms with Gasteiger partial charge in [-0.1, -0.05) is 18.2 Å². The number of aromatic nitrogens is 1. The maximum atomic E-state index is 12.5. The van der Waals surface area contributed by atoms with Crippen LogP contribution in [0.15, 0.2) is 55.3 Å². The van der Waals surface area contributed by atoms with Gasteiger partial charge in [0.25, 0.3) is 0 Å². The lowest BCUT2D eigenvalue weighted by atomic mass is 9.98. The van der Waals surface area contributed by atoms with Gasteiger partial charge in [0.05, 0.1) is 15.8 Å². The molecule has 0 bridgehead atoms. The summed E-state index contributed by atoms with van der Waals surface area (Å²) in [6, 6.07) is 7.54. The number of azo groups is 1. The predicted molar refractivity (Wildman–Crippen MR) is 115 cm³/mol. The first-order valence-electron chi connectivity index (χ1n) is 8.37. The van der Waals surface area contributed by atoms with Gasteiger partial charge in [0.1, 0.15) is 9.79 Å². The number of aliphatic imine (C=N–C) groups is 1. The fourth-order valence-electron chi connectivity index (χ4n) is 3.16. The van der Waals surface area contributed by atoms with Crippen LogP contribution in [-0.4, -0.2) is 40.2 Å². The van der Waals surface area contributed by atoms with Crippen LogP contribution in [0.1, 0.15) is 10.6 Å². The zero-order chi connectivity index (χ0) is 22.6. The van der Waals surface area contributed by atoms with E-state index in [4.69, 9.17) is 21.4 Å². The van der Waals surface area contributed by atoms with E-state index in [1.54, 1.807) is 18.2 Å². The molecule has 31 heavy (non-hydrogen) atoms. The molecule has 0 unspecified atom stereocenters. The molecule has 2 aromatic carbocycles. The Balaban J connectivity index is 2.18. The molecule has 0 radical (unpaired) electrons. The van der Waals surface area contributed by atoms with E-state index in [-0.39, 0.29) is 34.5 Å². The van der Waals surface area contributed by atoms with Crippen molar-refractivity contribution in [3.63, 3.8) is 0 Å². The van der Waals surface area contributed by atoms with E-state index in [9.17, 15) is 16.8 Å². The van der Waals surface area contributed by atoms with Gasteiger partial charge in [-0.25, -0.2) is 37.1 Å². The molecule has 0 atom stereocenters. The highest BCUT2D eigenvalue weighted by molar-refractivity contribution is 7.92. The molecule has 4 rings (SSSR count). The van der Waals surface area contributed by atoms with Gasteiger partial charge >= 0.3 is 0 Å². The zero-order valence-electron chi connectivity index (χ0n) is 15.5. The smallest absolute Gasteiger partial charge is 0.240 e. The second-order valence-corrected chi connectivity index (χ2v) is 10.4. The van der Waals surface area contributed by atoms with E-state index in [1.807, 2.05) is 0 Å². The average Bonchev–Trinajstić information content (AvgIpc) is 3.34. The predicted octanol–water partition coefficient (Wildman–Crippen LogP) is 0.712. The molecule has 1 aromatic heterocycles. The van der Waals surface area contributed by atoms with E-state index in [0.29, 0.717) is 15.8 Å². The van der Waals surface area contributed by atoms with E-state index < -0.39 is 29.8 Å². The second-order valence-electron chi connectivity index (χ2n) is 6.35. The van der Waals surface area contributed by atoms with Crippen LogP contribution in [0.25, 0.3) is 21.3 Å². The van der Waals surface area contributed by atoms with Gasteiger partial charge in [0.2, 0.25) is 20.0 Å². The average molecular weight is 479 g/mol. The van der Waals surface area contributed by atoms with Gasteiger partial charge in [0, 0.05) is 5.56 Å². The third-order valence-corrected chi connectivity index (χ3v) is 7.45. The van der Waals surface area contributed by atoms with Crippen LogP contribution in [0, 0.1) is 5.41 Å². The van der Waals surface area contributed by atoms with Gasteiger partial charge in [-0.2, -0.15) is 5.11 Å². The molecule has 0 amide bonds. The minimum atomic E-state index is -4.59. The SMILES string of the molecule is N=C(N)c1nc2c(-c3ccc(S(N)(=O)=O)c(S(N)(=O)=O)c3C3=NCN=N3)cccc2s1. The third kappa shape index (κ3) is 3.72. The molecule has 0 saturated carbocycles. The van der Waals surface area contributed by atoms with Crippen molar-refractivity contribution in [3.8, 4) is 11.1 Å². The molecule has 12 nitrogen and oxygen atoms in total. The Hall–Kier alpha value is -3.11. The Morgan fingerprint density at radius 3 is 2.35 bits per heavy atom. The summed E-state index contributed by atoms with van der Waals surface area (Å²) in [4.78, 5) is 7.01. The number of sulfonamides is 2. The number of benzene rings is 2. The number of nitrogen functional groups attached to an aromatic ring is 1. The number of nitrogens with one attached hydrogen (secondary N) is 1. The molecule has 15 heteroatoms. The molecule has 1 aliphatic heterocycles. The maximum absolute atomic E-state index is 12.5. The summed E-state index contributed by atoms with van der Waals surface area (Å²) in [7, 11) is -9.05. The van der Waals surface area contributed by atoms with Crippen LogP contribution in [0.3, 0.4) is 0 Å². The van der Waals surface area contributed by atoms with Crippen LogP contribution >= 0.6 is 11.3 Å². The fourth-order valence-corrected chi connectivity index (χ4v) is 6.16. The Labute approximate surface area is 180 Å². The van der Waals surface area contributed by atoms with Crippen molar-refractivity contribution < 1.29 is 16.8 Å². The molecule has 0 saturated heterocycles. The Morgan fingerprint density at radius 2 is 1.77 bits per heavy atom. The molecule has 1 aliphatic rings. The number of amidine groups is 2. The number of fused-ring (bicyclic) bond motifs is 1. The highest BCUT2D eigenvalue weighted by atomic mass is 32.2. The minimum absolute atomic E-state index is 0.0617. The maximum Gasteiger partial charge on any atom is 0.240 e. The van der Waals surface area contributed by atoms with E-state index in [2.05, 4.69) is 20.2 Å². The van der Waals surface area contributed by atoms with E-state index >= 15 is 0 Å². The molecular formula is C16H14N8O4S3. The normalized spacial score (nSPS) is 14.2. The van der Waals surface area contributed by atoms with Gasteiger partial charge in [0.15, 0.2) is 23.3 Å².